The Kier molecular flexibility index (Phi) is 5.68. The molecule has 1 aliphatic carbocycles. The van der Waals surface area contributed by atoms with E-state index in [-0.39, 0.29) is 17.8 Å². The molecule has 1 aromatic carbocycles. The highest BCUT2D eigenvalue weighted by molar-refractivity contribution is 5.57. The molecule has 0 aliphatic heterocycles. The highest BCUT2D eigenvalue weighted by Crippen LogP contribution is 2.31. The Bertz CT molecular complexity index is 717. The topological polar surface area (TPSA) is 63.1 Å². The van der Waals surface area contributed by atoms with Crippen LogP contribution in [0.5, 0.6) is 0 Å². The van der Waals surface area contributed by atoms with Crippen LogP contribution in [0.1, 0.15) is 50.7 Å². The van der Waals surface area contributed by atoms with Crippen LogP contribution in [0.15, 0.2) is 35.3 Å². The third-order valence-corrected chi connectivity index (χ3v) is 4.56. The van der Waals surface area contributed by atoms with Gasteiger partial charge in [-0.05, 0) is 44.6 Å². The van der Waals surface area contributed by atoms with Gasteiger partial charge in [0.1, 0.15) is 0 Å². The quantitative estimate of drug-likeness (QED) is 0.789. The van der Waals surface area contributed by atoms with Crippen molar-refractivity contribution in [3.8, 4) is 0 Å². The van der Waals surface area contributed by atoms with Crippen molar-refractivity contribution in [1.82, 2.24) is 15.0 Å². The Labute approximate surface area is 147 Å². The molecular formula is C19H24FN5. The largest absolute Gasteiger partial charge is 0.351 e. The van der Waals surface area contributed by atoms with Crippen LogP contribution in [-0.4, -0.2) is 27.2 Å². The summed E-state index contributed by atoms with van der Waals surface area (Å²) in [6.07, 6.45) is 4.78. The van der Waals surface area contributed by atoms with E-state index >= 15 is 0 Å². The lowest BCUT2D eigenvalue weighted by molar-refractivity contribution is 0.356. The van der Waals surface area contributed by atoms with Gasteiger partial charge in [-0.1, -0.05) is 36.8 Å². The van der Waals surface area contributed by atoms with E-state index in [4.69, 9.17) is 0 Å². The number of halogens is 1. The van der Waals surface area contributed by atoms with E-state index in [0.717, 1.165) is 12.8 Å². The Hall–Kier alpha value is -2.37. The molecule has 2 aromatic rings. The molecule has 3 atom stereocenters. The fraction of sp³-hybridized carbons (Fsp3) is 0.474. The lowest BCUT2D eigenvalue weighted by Crippen LogP contribution is -2.27. The number of hydrogen-bond acceptors (Lipinski definition) is 5. The van der Waals surface area contributed by atoms with Crippen LogP contribution in [0.3, 0.4) is 0 Å². The van der Waals surface area contributed by atoms with Gasteiger partial charge in [-0.2, -0.15) is 15.0 Å². The third kappa shape index (κ3) is 4.59. The Morgan fingerprint density at radius 2 is 2.04 bits per heavy atom. The number of nitrogens with one attached hydrogen (secondary N) is 1. The summed E-state index contributed by atoms with van der Waals surface area (Å²) in [5.41, 5.74) is 1.34. The smallest absolute Gasteiger partial charge is 0.254 e. The molecule has 0 bridgehead atoms. The molecule has 1 heterocycles. The molecule has 0 saturated heterocycles. The van der Waals surface area contributed by atoms with Gasteiger partial charge < -0.3 is 5.32 Å². The molecule has 1 fully saturated rings. The number of alkyl halides is 1. The van der Waals surface area contributed by atoms with Crippen molar-refractivity contribution in [3.05, 3.63) is 41.7 Å². The van der Waals surface area contributed by atoms with Crippen LogP contribution in [0.2, 0.25) is 0 Å². The van der Waals surface area contributed by atoms with Gasteiger partial charge >= 0.3 is 0 Å². The number of anilines is 1. The normalized spacial score (nSPS) is 21.6. The summed E-state index contributed by atoms with van der Waals surface area (Å²) in [6.45, 7) is 3.20. The summed E-state index contributed by atoms with van der Waals surface area (Å²) >= 11 is 0. The second kappa shape index (κ2) is 8.14. The second-order valence-electron chi connectivity index (χ2n) is 6.45. The van der Waals surface area contributed by atoms with Gasteiger partial charge in [-0.25, -0.2) is 9.38 Å². The minimum atomic E-state index is -1.25. The zero-order valence-electron chi connectivity index (χ0n) is 14.7. The Morgan fingerprint density at radius 3 is 2.76 bits per heavy atom. The first-order valence-corrected chi connectivity index (χ1v) is 8.85. The van der Waals surface area contributed by atoms with Crippen LogP contribution >= 0.6 is 0 Å². The number of benzene rings is 1. The minimum Gasteiger partial charge on any atom is -0.351 e. The van der Waals surface area contributed by atoms with Crippen molar-refractivity contribution in [2.24, 2.45) is 10.9 Å². The van der Waals surface area contributed by atoms with E-state index in [0.29, 0.717) is 11.9 Å². The lowest BCUT2D eigenvalue weighted by atomic mass is 9.95. The molecule has 0 amide bonds. The van der Waals surface area contributed by atoms with Crippen molar-refractivity contribution in [3.63, 3.8) is 0 Å². The minimum absolute atomic E-state index is 0.121. The van der Waals surface area contributed by atoms with Crippen LogP contribution in [0.25, 0.3) is 0 Å². The van der Waals surface area contributed by atoms with E-state index in [1.54, 1.807) is 13.1 Å². The molecule has 25 heavy (non-hydrogen) atoms. The fourth-order valence-corrected chi connectivity index (χ4v) is 3.35. The van der Waals surface area contributed by atoms with Crippen molar-refractivity contribution >= 4 is 18.1 Å². The fourth-order valence-electron chi connectivity index (χ4n) is 3.35. The molecule has 1 N–H and O–H groups in total. The SMILES string of the molecule is CC=Nc1nc(NC2CCCC2Cc2ccccc2)nc(C(C)F)n1. The first kappa shape index (κ1) is 17.5. The number of hydrogen-bond donors (Lipinski definition) is 1. The van der Waals surface area contributed by atoms with E-state index in [1.165, 1.54) is 25.3 Å². The van der Waals surface area contributed by atoms with E-state index in [2.05, 4.69) is 49.5 Å². The predicted octanol–water partition coefficient (Wildman–Crippen LogP) is 4.45. The maximum absolute atomic E-state index is 13.7. The van der Waals surface area contributed by atoms with Crippen molar-refractivity contribution in [2.75, 3.05) is 5.32 Å². The number of nitrogens with zero attached hydrogens (tertiary/aromatic N) is 4. The van der Waals surface area contributed by atoms with Gasteiger partial charge in [0, 0.05) is 12.3 Å². The van der Waals surface area contributed by atoms with Crippen molar-refractivity contribution in [2.45, 2.75) is 51.7 Å². The summed E-state index contributed by atoms with van der Waals surface area (Å²) < 4.78 is 13.7. The van der Waals surface area contributed by atoms with Gasteiger partial charge in [0.15, 0.2) is 12.0 Å². The average molecular weight is 341 g/mol. The number of aliphatic imine (C=N–C) groups is 1. The summed E-state index contributed by atoms with van der Waals surface area (Å²) in [4.78, 5) is 16.7. The summed E-state index contributed by atoms with van der Waals surface area (Å²) in [5.74, 6) is 1.30. The predicted molar refractivity (Wildman–Crippen MR) is 98.1 cm³/mol. The molecule has 6 heteroatoms. The second-order valence-corrected chi connectivity index (χ2v) is 6.45. The van der Waals surface area contributed by atoms with Gasteiger partial charge in [0.05, 0.1) is 0 Å². The van der Waals surface area contributed by atoms with Crippen LogP contribution in [0, 0.1) is 5.92 Å². The molecule has 0 spiro atoms. The van der Waals surface area contributed by atoms with Crippen LogP contribution in [-0.2, 0) is 6.42 Å². The lowest BCUT2D eigenvalue weighted by Gasteiger charge is -2.21. The first-order valence-electron chi connectivity index (χ1n) is 8.85. The molecule has 1 aliphatic rings. The van der Waals surface area contributed by atoms with Gasteiger partial charge in [0.2, 0.25) is 5.95 Å². The molecule has 0 radical (unpaired) electrons. The van der Waals surface area contributed by atoms with Crippen LogP contribution in [0.4, 0.5) is 16.3 Å². The summed E-state index contributed by atoms with van der Waals surface area (Å²) in [7, 11) is 0. The van der Waals surface area contributed by atoms with E-state index in [1.807, 2.05) is 6.07 Å². The highest BCUT2D eigenvalue weighted by Gasteiger charge is 2.28. The maximum atomic E-state index is 13.7. The van der Waals surface area contributed by atoms with Crippen molar-refractivity contribution < 1.29 is 4.39 Å². The van der Waals surface area contributed by atoms with Crippen molar-refractivity contribution in [1.29, 1.82) is 0 Å². The highest BCUT2D eigenvalue weighted by atomic mass is 19.1. The van der Waals surface area contributed by atoms with Gasteiger partial charge in [0.25, 0.3) is 5.95 Å². The van der Waals surface area contributed by atoms with Gasteiger partial charge in [-0.3, -0.25) is 0 Å². The molecule has 1 aromatic heterocycles. The molecular weight excluding hydrogens is 317 g/mol. The van der Waals surface area contributed by atoms with E-state index < -0.39 is 6.17 Å². The first-order chi connectivity index (χ1) is 12.2. The Balaban J connectivity index is 1.76. The number of rotatable bonds is 6. The monoisotopic (exact) mass is 341 g/mol. The maximum Gasteiger partial charge on any atom is 0.254 e. The summed E-state index contributed by atoms with van der Waals surface area (Å²) in [5, 5.41) is 3.40. The molecule has 1 saturated carbocycles. The molecule has 3 unspecified atom stereocenters. The zero-order chi connectivity index (χ0) is 17.6. The van der Waals surface area contributed by atoms with E-state index in [9.17, 15) is 4.39 Å². The Morgan fingerprint density at radius 1 is 1.24 bits per heavy atom. The molecule has 132 valence electrons. The summed E-state index contributed by atoms with van der Waals surface area (Å²) in [6, 6.07) is 10.8. The molecule has 3 rings (SSSR count). The van der Waals surface area contributed by atoms with Gasteiger partial charge in [-0.15, -0.1) is 0 Å². The van der Waals surface area contributed by atoms with Crippen LogP contribution < -0.4 is 5.32 Å². The standard InChI is InChI=1S/C19H24FN5/c1-3-21-18-23-17(13(2)20)24-19(25-18)22-16-11-7-10-15(16)12-14-8-5-4-6-9-14/h3-6,8-9,13,15-16H,7,10-12H2,1-2H3,(H,22,23,24,25). The number of aromatic nitrogens is 3. The third-order valence-electron chi connectivity index (χ3n) is 4.56. The zero-order valence-corrected chi connectivity index (χ0v) is 14.7. The average Bonchev–Trinajstić information content (AvgIpc) is 3.02. The molecule has 5 nitrogen and oxygen atoms in total.